The van der Waals surface area contributed by atoms with Crippen molar-refractivity contribution < 1.29 is 19.4 Å². The van der Waals surface area contributed by atoms with Gasteiger partial charge in [0.1, 0.15) is 5.60 Å². The molecule has 0 aliphatic carbocycles. The molecule has 0 bridgehead atoms. The number of alkyl carbamates (subject to hydrolysis) is 1. The van der Waals surface area contributed by atoms with Gasteiger partial charge >= 0.3 is 12.1 Å². The summed E-state index contributed by atoms with van der Waals surface area (Å²) in [7, 11) is 0. The van der Waals surface area contributed by atoms with Crippen molar-refractivity contribution in [3.63, 3.8) is 0 Å². The molecule has 1 atom stereocenters. The van der Waals surface area contributed by atoms with Gasteiger partial charge in [-0.1, -0.05) is 0 Å². The number of carboxylic acids is 1. The van der Waals surface area contributed by atoms with E-state index in [0.29, 0.717) is 19.4 Å². The minimum absolute atomic E-state index is 0.126. The largest absolute Gasteiger partial charge is 0.481 e. The molecule has 0 heterocycles. The average Bonchev–Trinajstić information content (AvgIpc) is 2.09. The van der Waals surface area contributed by atoms with Crippen molar-refractivity contribution in [2.24, 2.45) is 5.73 Å². The second kappa shape index (κ2) is 7.11. The third kappa shape index (κ3) is 9.62. The average molecular weight is 246 g/mol. The number of carbonyl (C=O) groups excluding carboxylic acids is 1. The van der Waals surface area contributed by atoms with E-state index in [-0.39, 0.29) is 6.42 Å². The summed E-state index contributed by atoms with van der Waals surface area (Å²) in [6, 6.07) is -0.439. The molecule has 17 heavy (non-hydrogen) atoms. The Balaban J connectivity index is 4.21. The van der Waals surface area contributed by atoms with E-state index in [2.05, 4.69) is 5.32 Å². The Labute approximate surface area is 102 Å². The molecule has 0 saturated heterocycles. The molecular weight excluding hydrogens is 224 g/mol. The monoisotopic (exact) mass is 246 g/mol. The van der Waals surface area contributed by atoms with Crippen LogP contribution < -0.4 is 11.1 Å². The summed E-state index contributed by atoms with van der Waals surface area (Å²) in [6.07, 6.45) is 0.468. The number of aliphatic carboxylic acids is 1. The molecule has 6 heteroatoms. The zero-order chi connectivity index (χ0) is 13.5. The Bertz CT molecular complexity index is 261. The first-order valence-corrected chi connectivity index (χ1v) is 5.66. The maximum Gasteiger partial charge on any atom is 0.407 e. The molecule has 0 radical (unpaired) electrons. The van der Waals surface area contributed by atoms with Crippen molar-refractivity contribution in [1.29, 1.82) is 0 Å². The van der Waals surface area contributed by atoms with Gasteiger partial charge in [-0.15, -0.1) is 0 Å². The predicted molar refractivity (Wildman–Crippen MR) is 63.7 cm³/mol. The maximum atomic E-state index is 11.5. The van der Waals surface area contributed by atoms with Crippen LogP contribution in [0.2, 0.25) is 0 Å². The van der Waals surface area contributed by atoms with E-state index in [1.165, 1.54) is 0 Å². The van der Waals surface area contributed by atoms with Crippen LogP contribution in [0, 0.1) is 0 Å². The van der Waals surface area contributed by atoms with Crippen molar-refractivity contribution in [2.45, 2.75) is 51.7 Å². The first-order chi connectivity index (χ1) is 7.74. The Morgan fingerprint density at radius 2 is 2.00 bits per heavy atom. The minimum Gasteiger partial charge on any atom is -0.481 e. The lowest BCUT2D eigenvalue weighted by Gasteiger charge is -2.22. The molecule has 0 aromatic rings. The molecule has 0 unspecified atom stereocenters. The molecule has 0 fully saturated rings. The molecule has 6 nitrogen and oxygen atoms in total. The fourth-order valence-corrected chi connectivity index (χ4v) is 1.27. The van der Waals surface area contributed by atoms with Crippen LogP contribution in [0.15, 0.2) is 0 Å². The number of carbonyl (C=O) groups is 2. The summed E-state index contributed by atoms with van der Waals surface area (Å²) in [6.45, 7) is 5.71. The van der Waals surface area contributed by atoms with Crippen LogP contribution >= 0.6 is 0 Å². The van der Waals surface area contributed by atoms with Crippen LogP contribution in [0.25, 0.3) is 0 Å². The SMILES string of the molecule is CC(C)(C)OC(=O)N[C@H](CCCN)CC(=O)O. The van der Waals surface area contributed by atoms with Crippen LogP contribution in [0.3, 0.4) is 0 Å². The zero-order valence-electron chi connectivity index (χ0n) is 10.7. The summed E-state index contributed by atoms with van der Waals surface area (Å²) in [5, 5.41) is 11.2. The standard InChI is InChI=1S/C11H22N2O4/c1-11(2,3)17-10(16)13-8(5-4-6-12)7-9(14)15/h8H,4-7,12H2,1-3H3,(H,13,16)(H,14,15)/t8-/m1/s1. The molecule has 0 rings (SSSR count). The Morgan fingerprint density at radius 3 is 2.41 bits per heavy atom. The number of hydrogen-bond donors (Lipinski definition) is 3. The molecule has 0 spiro atoms. The van der Waals surface area contributed by atoms with Gasteiger partial charge in [-0.3, -0.25) is 4.79 Å². The molecule has 0 aliphatic rings. The van der Waals surface area contributed by atoms with E-state index in [0.717, 1.165) is 0 Å². The topological polar surface area (TPSA) is 102 Å². The van der Waals surface area contributed by atoms with Crippen molar-refractivity contribution >= 4 is 12.1 Å². The van der Waals surface area contributed by atoms with Gasteiger partial charge in [-0.25, -0.2) is 4.79 Å². The number of carboxylic acid groups (broad SMARTS) is 1. The van der Waals surface area contributed by atoms with Gasteiger partial charge in [0.15, 0.2) is 0 Å². The molecule has 0 saturated carbocycles. The van der Waals surface area contributed by atoms with Crippen molar-refractivity contribution in [3.8, 4) is 0 Å². The first kappa shape index (κ1) is 15.7. The zero-order valence-corrected chi connectivity index (χ0v) is 10.7. The third-order valence-electron chi connectivity index (χ3n) is 1.90. The van der Waals surface area contributed by atoms with Gasteiger partial charge in [-0.05, 0) is 40.2 Å². The van der Waals surface area contributed by atoms with Crippen LogP contribution in [0.4, 0.5) is 4.79 Å². The van der Waals surface area contributed by atoms with E-state index < -0.39 is 23.7 Å². The second-order valence-corrected chi connectivity index (χ2v) is 4.87. The van der Waals surface area contributed by atoms with Gasteiger partial charge in [-0.2, -0.15) is 0 Å². The van der Waals surface area contributed by atoms with E-state index in [4.69, 9.17) is 15.6 Å². The van der Waals surface area contributed by atoms with E-state index >= 15 is 0 Å². The van der Waals surface area contributed by atoms with Gasteiger partial charge in [0.05, 0.1) is 6.42 Å². The highest BCUT2D eigenvalue weighted by Gasteiger charge is 2.20. The van der Waals surface area contributed by atoms with Gasteiger partial charge in [0, 0.05) is 6.04 Å². The fraction of sp³-hybridized carbons (Fsp3) is 0.818. The highest BCUT2D eigenvalue weighted by molar-refractivity contribution is 5.71. The number of nitrogens with two attached hydrogens (primary N) is 1. The van der Waals surface area contributed by atoms with Gasteiger partial charge < -0.3 is 20.9 Å². The fourth-order valence-electron chi connectivity index (χ4n) is 1.27. The quantitative estimate of drug-likeness (QED) is 0.651. The normalized spacial score (nSPS) is 12.9. The van der Waals surface area contributed by atoms with Gasteiger partial charge in [0.25, 0.3) is 0 Å². The lowest BCUT2D eigenvalue weighted by atomic mass is 10.1. The molecule has 0 aromatic heterocycles. The van der Waals surface area contributed by atoms with Crippen molar-refractivity contribution in [2.75, 3.05) is 6.54 Å². The molecule has 4 N–H and O–H groups in total. The summed E-state index contributed by atoms with van der Waals surface area (Å²) in [5.41, 5.74) is 4.76. The lowest BCUT2D eigenvalue weighted by molar-refractivity contribution is -0.137. The summed E-state index contributed by atoms with van der Waals surface area (Å²) >= 11 is 0. The summed E-state index contributed by atoms with van der Waals surface area (Å²) in [5.74, 6) is -0.955. The van der Waals surface area contributed by atoms with Crippen molar-refractivity contribution in [1.82, 2.24) is 5.32 Å². The maximum absolute atomic E-state index is 11.5. The molecule has 0 aromatic carbocycles. The Hall–Kier alpha value is -1.30. The highest BCUT2D eigenvalue weighted by Crippen LogP contribution is 2.08. The van der Waals surface area contributed by atoms with Crippen LogP contribution in [0.1, 0.15) is 40.0 Å². The lowest BCUT2D eigenvalue weighted by Crippen LogP contribution is -2.40. The number of ether oxygens (including phenoxy) is 1. The van der Waals surface area contributed by atoms with Gasteiger partial charge in [0.2, 0.25) is 0 Å². The van der Waals surface area contributed by atoms with E-state index in [1.54, 1.807) is 20.8 Å². The predicted octanol–water partition coefficient (Wildman–Crippen LogP) is 1.09. The third-order valence-corrected chi connectivity index (χ3v) is 1.90. The van der Waals surface area contributed by atoms with E-state index in [9.17, 15) is 9.59 Å². The number of amides is 1. The summed E-state index contributed by atoms with van der Waals surface area (Å²) in [4.78, 5) is 22.1. The second-order valence-electron chi connectivity index (χ2n) is 4.87. The van der Waals surface area contributed by atoms with Crippen LogP contribution in [0.5, 0.6) is 0 Å². The minimum atomic E-state index is -0.955. The van der Waals surface area contributed by atoms with E-state index in [1.807, 2.05) is 0 Å². The van der Waals surface area contributed by atoms with Crippen LogP contribution in [-0.2, 0) is 9.53 Å². The first-order valence-electron chi connectivity index (χ1n) is 5.66. The number of hydrogen-bond acceptors (Lipinski definition) is 4. The smallest absolute Gasteiger partial charge is 0.407 e. The summed E-state index contributed by atoms with van der Waals surface area (Å²) < 4.78 is 5.06. The number of rotatable bonds is 6. The Kier molecular flexibility index (Phi) is 6.57. The Morgan fingerprint density at radius 1 is 1.41 bits per heavy atom. The highest BCUT2D eigenvalue weighted by atomic mass is 16.6. The molecule has 0 aliphatic heterocycles. The molecule has 100 valence electrons. The molecule has 1 amide bonds. The molecular formula is C11H22N2O4. The number of nitrogens with one attached hydrogen (secondary N) is 1. The van der Waals surface area contributed by atoms with Crippen LogP contribution in [-0.4, -0.2) is 35.4 Å². The van der Waals surface area contributed by atoms with Crippen molar-refractivity contribution in [3.05, 3.63) is 0 Å².